The highest BCUT2D eigenvalue weighted by atomic mass is 16.7. The molecule has 0 aromatic carbocycles. The van der Waals surface area contributed by atoms with Crippen LogP contribution in [0.5, 0.6) is 0 Å². The van der Waals surface area contributed by atoms with Crippen LogP contribution in [0, 0.1) is 29.6 Å². The summed E-state index contributed by atoms with van der Waals surface area (Å²) in [5.41, 5.74) is 2.06. The van der Waals surface area contributed by atoms with Crippen molar-refractivity contribution in [2.75, 3.05) is 19.8 Å². The Morgan fingerprint density at radius 3 is 1.76 bits per heavy atom. The molecule has 1 saturated heterocycles. The second-order valence-corrected chi connectivity index (χ2v) is 15.4. The van der Waals surface area contributed by atoms with Crippen molar-refractivity contribution >= 4 is 5.97 Å². The van der Waals surface area contributed by atoms with Crippen molar-refractivity contribution in [2.24, 2.45) is 29.6 Å². The van der Waals surface area contributed by atoms with Gasteiger partial charge >= 0.3 is 5.97 Å². The molecule has 0 amide bonds. The molecule has 14 nitrogen and oxygen atoms in total. The van der Waals surface area contributed by atoms with E-state index in [1.165, 1.54) is 13.0 Å². The van der Waals surface area contributed by atoms with Crippen LogP contribution >= 0.6 is 0 Å². The van der Waals surface area contributed by atoms with Gasteiger partial charge in [-0.15, -0.1) is 0 Å². The maximum Gasteiger partial charge on any atom is 0.333 e. The van der Waals surface area contributed by atoms with Gasteiger partial charge in [-0.05, 0) is 62.7 Å². The molecule has 1 aliphatic rings. The topological polar surface area (TPSA) is 247 Å². The summed E-state index contributed by atoms with van der Waals surface area (Å²) in [6.07, 6.45) is -5.59. The highest BCUT2D eigenvalue weighted by Crippen LogP contribution is 2.30. The summed E-state index contributed by atoms with van der Waals surface area (Å²) >= 11 is 0. The summed E-state index contributed by atoms with van der Waals surface area (Å²) in [5, 5.41) is 102. The van der Waals surface area contributed by atoms with Gasteiger partial charge in [-0.2, -0.15) is 0 Å². The number of hydrogen-bond acceptors (Lipinski definition) is 14. The fourth-order valence-electron chi connectivity index (χ4n) is 6.77. The number of allylic oxidation sites excluding steroid dienone is 1. The molecule has 1 fully saturated rings. The van der Waals surface area contributed by atoms with Crippen LogP contribution in [0.15, 0.2) is 46.6 Å². The van der Waals surface area contributed by atoms with E-state index in [0.29, 0.717) is 17.1 Å². The van der Waals surface area contributed by atoms with Crippen LogP contribution in [0.3, 0.4) is 0 Å². The van der Waals surface area contributed by atoms with E-state index in [-0.39, 0.29) is 17.4 Å². The minimum Gasteiger partial charge on any atom is -0.454 e. The SMILES string of the molecule is CCC(C)CC(C)/C=C(\C)C(O[C@@H]1O[C@H](CO)[C@@H](O)[C@H](O)[C@@H]1O)C(C)/C=C(\C)C(O)C(C)/C=C(\C)C(O)C(C)/C=C(\C)C(=O)O[C@H](CO)C(O)[C@H](O)CO. The van der Waals surface area contributed by atoms with E-state index in [1.54, 1.807) is 33.8 Å². The minimum absolute atomic E-state index is 0.0819. The second kappa shape index (κ2) is 23.9. The Hall–Kier alpha value is -2.05. The Morgan fingerprint density at radius 2 is 1.26 bits per heavy atom. The van der Waals surface area contributed by atoms with Crippen molar-refractivity contribution < 1.29 is 70.1 Å². The highest BCUT2D eigenvalue weighted by Gasteiger charge is 2.45. The molecule has 9 unspecified atom stereocenters. The first-order valence-corrected chi connectivity index (χ1v) is 19.0. The van der Waals surface area contributed by atoms with Crippen LogP contribution in [0.25, 0.3) is 0 Å². The molecular weight excluding hydrogens is 704 g/mol. The molecule has 0 radical (unpaired) electrons. The molecule has 314 valence electrons. The lowest BCUT2D eigenvalue weighted by molar-refractivity contribution is -0.310. The molecule has 1 heterocycles. The van der Waals surface area contributed by atoms with E-state index in [2.05, 4.69) is 26.8 Å². The lowest BCUT2D eigenvalue weighted by Crippen LogP contribution is -2.60. The standard InChI is InChI=1S/C40H70O14/c1-11-20(2)12-21(3)13-26(8)38(54-40-37(50)36(49)35(48)31(19-43)53-40)27(9)15-24(6)32(45)22(4)14-23(5)33(46)25(7)16-28(10)39(51)52-30(18-42)34(47)29(44)17-41/h13-16,20-22,25,27,29-38,40-50H,11-12,17-19H2,1-10H3/b23-14+,24-15+,26-13+,28-16+/t20?,21?,22?,25?,27?,29-,30-,31-,32?,33?,34?,35-,36+,37+,38?,40+/m1/s1. The first-order chi connectivity index (χ1) is 25.1. The van der Waals surface area contributed by atoms with E-state index in [0.717, 1.165) is 18.4 Å². The quantitative estimate of drug-likeness (QED) is 0.0423. The van der Waals surface area contributed by atoms with Crippen LogP contribution in [0.1, 0.15) is 82.1 Å². The molecule has 10 N–H and O–H groups in total. The van der Waals surface area contributed by atoms with Crippen molar-refractivity contribution in [3.05, 3.63) is 46.6 Å². The van der Waals surface area contributed by atoms with Gasteiger partial charge < -0.3 is 65.3 Å². The summed E-state index contributed by atoms with van der Waals surface area (Å²) in [6, 6.07) is 0. The van der Waals surface area contributed by atoms with Gasteiger partial charge in [0.05, 0.1) is 38.1 Å². The number of aliphatic hydroxyl groups is 10. The Labute approximate surface area is 321 Å². The van der Waals surface area contributed by atoms with E-state index in [4.69, 9.17) is 19.3 Å². The van der Waals surface area contributed by atoms with Crippen molar-refractivity contribution in [1.82, 2.24) is 0 Å². The lowest BCUT2D eigenvalue weighted by atomic mass is 9.87. The number of rotatable bonds is 22. The van der Waals surface area contributed by atoms with Gasteiger partial charge in [0.2, 0.25) is 0 Å². The van der Waals surface area contributed by atoms with Gasteiger partial charge in [-0.1, -0.05) is 72.3 Å². The van der Waals surface area contributed by atoms with Crippen LogP contribution in [0.4, 0.5) is 0 Å². The molecule has 0 aromatic heterocycles. The summed E-state index contributed by atoms with van der Waals surface area (Å²) in [6.45, 7) is 16.4. The molecule has 0 saturated carbocycles. The Balaban J connectivity index is 3.23. The smallest absolute Gasteiger partial charge is 0.333 e. The van der Waals surface area contributed by atoms with Crippen molar-refractivity contribution in [2.45, 2.75) is 149 Å². The van der Waals surface area contributed by atoms with Gasteiger partial charge in [0.15, 0.2) is 12.4 Å². The average molecular weight is 775 g/mol. The number of carbonyl (C=O) groups is 1. The Kier molecular flexibility index (Phi) is 22.1. The molecule has 1 aliphatic heterocycles. The number of carbonyl (C=O) groups excluding carboxylic acids is 1. The molecule has 54 heavy (non-hydrogen) atoms. The average Bonchev–Trinajstić information content (AvgIpc) is 3.13. The largest absolute Gasteiger partial charge is 0.454 e. The predicted octanol–water partition coefficient (Wildman–Crippen LogP) is 1.28. The fraction of sp³-hybridized carbons (Fsp3) is 0.775. The first kappa shape index (κ1) is 50.0. The lowest BCUT2D eigenvalue weighted by Gasteiger charge is -2.41. The molecule has 0 aliphatic carbocycles. The maximum atomic E-state index is 12.6. The van der Waals surface area contributed by atoms with Crippen molar-refractivity contribution in [1.29, 1.82) is 0 Å². The molecule has 0 aromatic rings. The highest BCUT2D eigenvalue weighted by molar-refractivity contribution is 5.88. The zero-order valence-electron chi connectivity index (χ0n) is 33.7. The molecule has 0 bridgehead atoms. The summed E-state index contributed by atoms with van der Waals surface area (Å²) in [4.78, 5) is 12.6. The molecule has 14 heteroatoms. The predicted molar refractivity (Wildman–Crippen MR) is 202 cm³/mol. The number of ether oxygens (including phenoxy) is 3. The molecule has 0 spiro atoms. The third kappa shape index (κ3) is 14.8. The summed E-state index contributed by atoms with van der Waals surface area (Å²) in [5.74, 6) is -1.63. The van der Waals surface area contributed by atoms with Crippen LogP contribution in [-0.4, -0.2) is 144 Å². The summed E-state index contributed by atoms with van der Waals surface area (Å²) < 4.78 is 17.1. The van der Waals surface area contributed by atoms with E-state index < -0.39 is 105 Å². The first-order valence-electron chi connectivity index (χ1n) is 19.0. The molecule has 16 atom stereocenters. The maximum absolute atomic E-state index is 12.6. The monoisotopic (exact) mass is 774 g/mol. The number of hydrogen-bond donors (Lipinski definition) is 10. The van der Waals surface area contributed by atoms with Crippen LogP contribution in [0.2, 0.25) is 0 Å². The number of esters is 1. The second-order valence-electron chi connectivity index (χ2n) is 15.4. The van der Waals surface area contributed by atoms with Gasteiger partial charge in [-0.3, -0.25) is 0 Å². The van der Waals surface area contributed by atoms with Crippen molar-refractivity contribution in [3.63, 3.8) is 0 Å². The minimum atomic E-state index is -1.71. The fourth-order valence-corrected chi connectivity index (χ4v) is 6.77. The normalized spacial score (nSPS) is 28.3. The van der Waals surface area contributed by atoms with Crippen molar-refractivity contribution in [3.8, 4) is 0 Å². The third-order valence-corrected chi connectivity index (χ3v) is 10.3. The zero-order chi connectivity index (χ0) is 41.6. The Bertz CT molecular complexity index is 1250. The van der Waals surface area contributed by atoms with E-state index in [1.807, 2.05) is 19.9 Å². The van der Waals surface area contributed by atoms with Gasteiger partial charge in [0.25, 0.3) is 0 Å². The van der Waals surface area contributed by atoms with Gasteiger partial charge in [0.1, 0.15) is 36.6 Å². The molecular formula is C40H70O14. The number of aliphatic hydroxyl groups excluding tert-OH is 10. The third-order valence-electron chi connectivity index (χ3n) is 10.3. The van der Waals surface area contributed by atoms with Gasteiger partial charge in [-0.25, -0.2) is 4.79 Å². The zero-order valence-corrected chi connectivity index (χ0v) is 33.7. The molecule has 1 rings (SSSR count). The Morgan fingerprint density at radius 1 is 0.722 bits per heavy atom. The van der Waals surface area contributed by atoms with Gasteiger partial charge in [0, 0.05) is 23.3 Å². The van der Waals surface area contributed by atoms with E-state index in [9.17, 15) is 50.8 Å². The van der Waals surface area contributed by atoms with E-state index >= 15 is 0 Å². The summed E-state index contributed by atoms with van der Waals surface area (Å²) in [7, 11) is 0. The van der Waals surface area contributed by atoms with Crippen LogP contribution in [-0.2, 0) is 19.0 Å². The van der Waals surface area contributed by atoms with Crippen LogP contribution < -0.4 is 0 Å².